The van der Waals surface area contributed by atoms with Crippen LogP contribution in [0.3, 0.4) is 0 Å². The normalized spacial score (nSPS) is 26.8. The Balaban J connectivity index is 1.75. The van der Waals surface area contributed by atoms with Gasteiger partial charge in [-0.15, -0.1) is 0 Å². The van der Waals surface area contributed by atoms with Crippen molar-refractivity contribution in [3.8, 4) is 0 Å². The number of aliphatic hydroxyl groups excluding tert-OH is 2. The minimum Gasteiger partial charge on any atom is -0.394 e. The molecule has 2 aliphatic rings. The number of unbranched alkanes of at least 4 members (excludes halogenated alkanes) is 2. The molecule has 2 fully saturated rings. The molecule has 1 heterocycles. The van der Waals surface area contributed by atoms with Crippen LogP contribution in [-0.4, -0.2) is 66.2 Å². The number of nitrogens with one attached hydrogen (secondary N) is 1. The minimum absolute atomic E-state index is 0.00703. The number of piperidine rings is 1. The zero-order chi connectivity index (χ0) is 16.0. The minimum atomic E-state index is -0.342. The summed E-state index contributed by atoms with van der Waals surface area (Å²) in [5, 5.41) is 22.0. The monoisotopic (exact) mass is 314 g/mol. The lowest BCUT2D eigenvalue weighted by molar-refractivity contribution is -0.211. The van der Waals surface area contributed by atoms with Crippen molar-refractivity contribution in [2.75, 3.05) is 32.8 Å². The van der Waals surface area contributed by atoms with Crippen LogP contribution >= 0.6 is 0 Å². The Hall–Kier alpha value is -0.850. The molecular weight excluding hydrogens is 284 g/mol. The number of carbonyl (C=O) groups is 1. The van der Waals surface area contributed by atoms with Crippen LogP contribution < -0.4 is 5.32 Å². The van der Waals surface area contributed by atoms with Gasteiger partial charge in [-0.3, -0.25) is 0 Å². The number of hydrogen-bond acceptors (Lipinski definition) is 4. The van der Waals surface area contributed by atoms with Gasteiger partial charge in [-0.25, -0.2) is 4.79 Å². The highest BCUT2D eigenvalue weighted by molar-refractivity contribution is 5.74. The van der Waals surface area contributed by atoms with Gasteiger partial charge in [0.1, 0.15) is 0 Å². The van der Waals surface area contributed by atoms with E-state index in [1.165, 1.54) is 0 Å². The summed E-state index contributed by atoms with van der Waals surface area (Å²) in [6.07, 6.45) is 5.17. The standard InChI is InChI=1S/C16H30N2O4/c1-2-3-4-7-17-15(21)18-8-5-16(6-9-18)13(20)12-14(16)22-11-10-19/h13-14,19-20H,2-12H2,1H3,(H,17,21)/t13-,14+/m0/s1. The summed E-state index contributed by atoms with van der Waals surface area (Å²) in [7, 11) is 0. The molecule has 1 saturated heterocycles. The van der Waals surface area contributed by atoms with Gasteiger partial charge >= 0.3 is 6.03 Å². The van der Waals surface area contributed by atoms with E-state index in [0.29, 0.717) is 26.1 Å². The van der Waals surface area contributed by atoms with Crippen molar-refractivity contribution in [1.82, 2.24) is 10.2 Å². The van der Waals surface area contributed by atoms with Crippen molar-refractivity contribution in [2.24, 2.45) is 5.41 Å². The lowest BCUT2D eigenvalue weighted by Crippen LogP contribution is -2.63. The number of likely N-dealkylation sites (tertiary alicyclic amines) is 1. The molecule has 1 aliphatic heterocycles. The van der Waals surface area contributed by atoms with Crippen molar-refractivity contribution in [3.05, 3.63) is 0 Å². The summed E-state index contributed by atoms with van der Waals surface area (Å²) in [5.74, 6) is 0. The maximum Gasteiger partial charge on any atom is 0.317 e. The summed E-state index contributed by atoms with van der Waals surface area (Å²) in [4.78, 5) is 13.9. The van der Waals surface area contributed by atoms with E-state index in [9.17, 15) is 9.90 Å². The Morgan fingerprint density at radius 1 is 1.36 bits per heavy atom. The fourth-order valence-corrected chi connectivity index (χ4v) is 3.62. The smallest absolute Gasteiger partial charge is 0.317 e. The maximum atomic E-state index is 12.1. The lowest BCUT2D eigenvalue weighted by Gasteiger charge is -2.56. The van der Waals surface area contributed by atoms with E-state index in [2.05, 4.69) is 12.2 Å². The van der Waals surface area contributed by atoms with E-state index in [-0.39, 0.29) is 30.3 Å². The molecule has 0 aromatic carbocycles. The summed E-state index contributed by atoms with van der Waals surface area (Å²) >= 11 is 0. The second-order valence-corrected chi connectivity index (χ2v) is 6.49. The van der Waals surface area contributed by atoms with Crippen molar-refractivity contribution in [1.29, 1.82) is 0 Å². The molecule has 128 valence electrons. The van der Waals surface area contributed by atoms with Gasteiger partial charge in [0.05, 0.1) is 25.4 Å². The highest BCUT2D eigenvalue weighted by Crippen LogP contribution is 2.50. The molecule has 0 aromatic heterocycles. The van der Waals surface area contributed by atoms with E-state index in [0.717, 1.165) is 38.6 Å². The molecule has 6 heteroatoms. The van der Waals surface area contributed by atoms with E-state index in [4.69, 9.17) is 9.84 Å². The van der Waals surface area contributed by atoms with Crippen LogP contribution in [0, 0.1) is 5.41 Å². The van der Waals surface area contributed by atoms with Gasteiger partial charge in [-0.05, 0) is 19.3 Å². The molecule has 2 amide bonds. The molecule has 6 nitrogen and oxygen atoms in total. The Labute approximate surface area is 132 Å². The van der Waals surface area contributed by atoms with E-state index < -0.39 is 0 Å². The third kappa shape index (κ3) is 3.73. The number of rotatable bonds is 7. The number of amides is 2. The molecule has 2 rings (SSSR count). The van der Waals surface area contributed by atoms with Crippen molar-refractivity contribution in [3.63, 3.8) is 0 Å². The summed E-state index contributed by atoms with van der Waals surface area (Å²) in [5.41, 5.74) is -0.214. The predicted molar refractivity (Wildman–Crippen MR) is 83.6 cm³/mol. The second kappa shape index (κ2) is 8.13. The maximum absolute atomic E-state index is 12.1. The predicted octanol–water partition coefficient (Wildman–Crippen LogP) is 1.11. The molecule has 3 N–H and O–H groups in total. The Morgan fingerprint density at radius 3 is 2.68 bits per heavy atom. The molecule has 0 aromatic rings. The summed E-state index contributed by atoms with van der Waals surface area (Å²) in [6, 6.07) is 0.00703. The van der Waals surface area contributed by atoms with Crippen LogP contribution in [0.25, 0.3) is 0 Å². The summed E-state index contributed by atoms with van der Waals surface area (Å²) in [6.45, 7) is 4.53. The van der Waals surface area contributed by atoms with Gasteiger partial charge in [0.2, 0.25) is 0 Å². The number of ether oxygens (including phenoxy) is 1. The van der Waals surface area contributed by atoms with Crippen LogP contribution in [0.5, 0.6) is 0 Å². The largest absolute Gasteiger partial charge is 0.394 e. The average molecular weight is 314 g/mol. The summed E-state index contributed by atoms with van der Waals surface area (Å²) < 4.78 is 5.65. The lowest BCUT2D eigenvalue weighted by atomic mass is 9.58. The van der Waals surface area contributed by atoms with E-state index in [1.54, 1.807) is 0 Å². The Bertz CT molecular complexity index is 356. The molecule has 1 aliphatic carbocycles. The average Bonchev–Trinajstić information content (AvgIpc) is 2.55. The Kier molecular flexibility index (Phi) is 6.47. The first-order chi connectivity index (χ1) is 10.6. The molecular formula is C16H30N2O4. The highest BCUT2D eigenvalue weighted by Gasteiger charge is 2.56. The topological polar surface area (TPSA) is 82.0 Å². The van der Waals surface area contributed by atoms with Crippen LogP contribution in [0.1, 0.15) is 45.4 Å². The first-order valence-electron chi connectivity index (χ1n) is 8.57. The van der Waals surface area contributed by atoms with Crippen LogP contribution in [0.2, 0.25) is 0 Å². The molecule has 0 radical (unpaired) electrons. The van der Waals surface area contributed by atoms with Gasteiger partial charge in [-0.1, -0.05) is 19.8 Å². The molecule has 2 atom stereocenters. The third-order valence-corrected chi connectivity index (χ3v) is 5.19. The van der Waals surface area contributed by atoms with E-state index >= 15 is 0 Å². The molecule has 0 bridgehead atoms. The number of hydrogen-bond donors (Lipinski definition) is 3. The molecule has 1 saturated carbocycles. The van der Waals surface area contributed by atoms with Crippen LogP contribution in [-0.2, 0) is 4.74 Å². The SMILES string of the molecule is CCCCCNC(=O)N1CCC2(CC1)[C@@H](O)C[C@H]2OCCO. The number of aliphatic hydroxyl groups is 2. The number of urea groups is 1. The van der Waals surface area contributed by atoms with Gasteiger partial charge in [0, 0.05) is 31.5 Å². The fourth-order valence-electron chi connectivity index (χ4n) is 3.62. The molecule has 22 heavy (non-hydrogen) atoms. The highest BCUT2D eigenvalue weighted by atomic mass is 16.5. The second-order valence-electron chi connectivity index (χ2n) is 6.49. The fraction of sp³-hybridized carbons (Fsp3) is 0.938. The van der Waals surface area contributed by atoms with Gasteiger partial charge in [0.25, 0.3) is 0 Å². The quantitative estimate of drug-likeness (QED) is 0.615. The number of nitrogens with zero attached hydrogens (tertiary/aromatic N) is 1. The van der Waals surface area contributed by atoms with E-state index in [1.807, 2.05) is 4.90 Å². The first kappa shape index (κ1) is 17.5. The van der Waals surface area contributed by atoms with Crippen LogP contribution in [0.4, 0.5) is 4.79 Å². The Morgan fingerprint density at radius 2 is 2.09 bits per heavy atom. The van der Waals surface area contributed by atoms with Crippen molar-refractivity contribution in [2.45, 2.75) is 57.7 Å². The van der Waals surface area contributed by atoms with Crippen molar-refractivity contribution < 1.29 is 19.7 Å². The molecule has 0 unspecified atom stereocenters. The van der Waals surface area contributed by atoms with Crippen molar-refractivity contribution >= 4 is 6.03 Å². The first-order valence-corrected chi connectivity index (χ1v) is 8.57. The number of carbonyl (C=O) groups excluding carboxylic acids is 1. The van der Waals surface area contributed by atoms with Gasteiger partial charge in [-0.2, -0.15) is 0 Å². The zero-order valence-electron chi connectivity index (χ0n) is 13.6. The zero-order valence-corrected chi connectivity index (χ0v) is 13.6. The molecule has 1 spiro atoms. The van der Waals surface area contributed by atoms with Gasteiger partial charge < -0.3 is 25.2 Å². The van der Waals surface area contributed by atoms with Gasteiger partial charge in [0.15, 0.2) is 0 Å². The third-order valence-electron chi connectivity index (χ3n) is 5.19. The van der Waals surface area contributed by atoms with Crippen LogP contribution in [0.15, 0.2) is 0 Å².